The maximum atomic E-state index is 13.7. The molecule has 2 N–H and O–H groups in total. The SMILES string of the molecule is Cc1cc(Nc2ccc(-c3cnc([C@H]4CC[C@H](Nc5ccccn5)CC4)s3)c(S(=O)(=O)C3CC3)c2)nn1C1CCCCO1. The number of anilines is 3. The minimum atomic E-state index is -3.45. The lowest BCUT2D eigenvalue weighted by atomic mass is 9.86. The van der Waals surface area contributed by atoms with Gasteiger partial charge in [-0.2, -0.15) is 5.10 Å². The van der Waals surface area contributed by atoms with Crippen molar-refractivity contribution in [3.63, 3.8) is 0 Å². The molecule has 226 valence electrons. The highest BCUT2D eigenvalue weighted by Gasteiger charge is 2.39. The van der Waals surface area contributed by atoms with Crippen LogP contribution in [-0.4, -0.2) is 46.1 Å². The second-order valence-electron chi connectivity index (χ2n) is 12.0. The second-order valence-corrected chi connectivity index (χ2v) is 15.2. The van der Waals surface area contributed by atoms with Gasteiger partial charge in [-0.3, -0.25) is 0 Å². The first-order valence-electron chi connectivity index (χ1n) is 15.4. The van der Waals surface area contributed by atoms with E-state index in [1.165, 1.54) is 0 Å². The smallest absolute Gasteiger partial charge is 0.181 e. The van der Waals surface area contributed by atoms with Gasteiger partial charge in [0, 0.05) is 54.0 Å². The van der Waals surface area contributed by atoms with E-state index < -0.39 is 9.84 Å². The summed E-state index contributed by atoms with van der Waals surface area (Å²) in [6.45, 7) is 2.77. The summed E-state index contributed by atoms with van der Waals surface area (Å²) in [7, 11) is -3.45. The fourth-order valence-electron chi connectivity index (χ4n) is 6.24. The minimum Gasteiger partial charge on any atom is -0.367 e. The van der Waals surface area contributed by atoms with E-state index in [2.05, 4.69) is 15.6 Å². The summed E-state index contributed by atoms with van der Waals surface area (Å²) >= 11 is 1.63. The molecule has 2 saturated carbocycles. The van der Waals surface area contributed by atoms with Gasteiger partial charge in [0.25, 0.3) is 0 Å². The molecular weight excluding hydrogens is 581 g/mol. The summed E-state index contributed by atoms with van der Waals surface area (Å²) in [5.41, 5.74) is 2.46. The van der Waals surface area contributed by atoms with Crippen molar-refractivity contribution in [2.45, 2.75) is 93.0 Å². The molecule has 1 unspecified atom stereocenters. The van der Waals surface area contributed by atoms with E-state index in [-0.39, 0.29) is 11.5 Å². The lowest BCUT2D eigenvalue weighted by molar-refractivity contribution is -0.0404. The molecule has 1 atom stereocenters. The van der Waals surface area contributed by atoms with Crippen LogP contribution in [-0.2, 0) is 14.6 Å². The molecule has 3 aromatic heterocycles. The third-order valence-electron chi connectivity index (χ3n) is 8.76. The average Bonchev–Trinajstić information content (AvgIpc) is 3.68. The van der Waals surface area contributed by atoms with E-state index in [9.17, 15) is 8.42 Å². The predicted octanol–water partition coefficient (Wildman–Crippen LogP) is 7.23. The first-order chi connectivity index (χ1) is 20.9. The largest absolute Gasteiger partial charge is 0.367 e. The van der Waals surface area contributed by atoms with Gasteiger partial charge < -0.3 is 15.4 Å². The van der Waals surface area contributed by atoms with Crippen molar-refractivity contribution in [3.8, 4) is 10.4 Å². The summed E-state index contributed by atoms with van der Waals surface area (Å²) in [4.78, 5) is 10.5. The van der Waals surface area contributed by atoms with E-state index >= 15 is 0 Å². The van der Waals surface area contributed by atoms with Gasteiger partial charge in [-0.15, -0.1) is 11.3 Å². The van der Waals surface area contributed by atoms with Gasteiger partial charge in [-0.05, 0) is 89.0 Å². The van der Waals surface area contributed by atoms with Crippen molar-refractivity contribution < 1.29 is 13.2 Å². The molecule has 4 aromatic rings. The fourth-order valence-corrected chi connectivity index (χ4v) is 9.33. The van der Waals surface area contributed by atoms with Gasteiger partial charge in [-0.25, -0.2) is 23.1 Å². The third kappa shape index (κ3) is 6.21. The quantitative estimate of drug-likeness (QED) is 0.202. The molecule has 11 heteroatoms. The molecule has 0 radical (unpaired) electrons. The molecule has 3 fully saturated rings. The van der Waals surface area contributed by atoms with Gasteiger partial charge >= 0.3 is 0 Å². The van der Waals surface area contributed by atoms with E-state index in [0.29, 0.717) is 41.2 Å². The monoisotopic (exact) mass is 618 g/mol. The molecule has 2 aliphatic carbocycles. The Bertz CT molecular complexity index is 1670. The zero-order valence-electron chi connectivity index (χ0n) is 24.4. The van der Waals surface area contributed by atoms with Gasteiger partial charge in [0.05, 0.1) is 20.0 Å². The number of nitrogens with zero attached hydrogens (tertiary/aromatic N) is 4. The van der Waals surface area contributed by atoms with E-state index in [0.717, 1.165) is 78.5 Å². The van der Waals surface area contributed by atoms with Crippen LogP contribution in [0.3, 0.4) is 0 Å². The van der Waals surface area contributed by atoms with Crippen LogP contribution in [0.15, 0.2) is 59.8 Å². The molecular formula is C32H38N6O3S2. The van der Waals surface area contributed by atoms with Gasteiger partial charge in [-0.1, -0.05) is 12.1 Å². The van der Waals surface area contributed by atoms with Crippen molar-refractivity contribution in [2.24, 2.45) is 0 Å². The Balaban J connectivity index is 1.09. The van der Waals surface area contributed by atoms with Crippen LogP contribution >= 0.6 is 11.3 Å². The van der Waals surface area contributed by atoms with E-state index in [1.54, 1.807) is 17.4 Å². The van der Waals surface area contributed by atoms with Gasteiger partial charge in [0.1, 0.15) is 5.82 Å². The average molecular weight is 619 g/mol. The number of aryl methyl sites for hydroxylation is 1. The molecule has 0 amide bonds. The molecule has 1 saturated heterocycles. The molecule has 7 rings (SSSR count). The Kier molecular flexibility index (Phi) is 7.96. The zero-order chi connectivity index (χ0) is 29.4. The van der Waals surface area contributed by atoms with Crippen LogP contribution in [0.2, 0.25) is 0 Å². The lowest BCUT2D eigenvalue weighted by Gasteiger charge is -2.28. The Morgan fingerprint density at radius 3 is 2.56 bits per heavy atom. The molecule has 9 nitrogen and oxygen atoms in total. The van der Waals surface area contributed by atoms with Crippen molar-refractivity contribution in [2.75, 3.05) is 17.2 Å². The van der Waals surface area contributed by atoms with Crippen molar-refractivity contribution >= 4 is 38.5 Å². The number of rotatable bonds is 9. The van der Waals surface area contributed by atoms with Crippen LogP contribution < -0.4 is 10.6 Å². The molecule has 0 bridgehead atoms. The number of ether oxygens (including phenoxy) is 1. The van der Waals surface area contributed by atoms with Gasteiger partial charge in [0.2, 0.25) is 0 Å². The first-order valence-corrected chi connectivity index (χ1v) is 17.8. The number of hydrogen-bond acceptors (Lipinski definition) is 9. The normalized spacial score (nSPS) is 22.8. The summed E-state index contributed by atoms with van der Waals surface area (Å²) in [6, 6.07) is 14.0. The zero-order valence-corrected chi connectivity index (χ0v) is 26.0. The highest BCUT2D eigenvalue weighted by Crippen LogP contribution is 2.43. The summed E-state index contributed by atoms with van der Waals surface area (Å²) in [5.74, 6) is 1.99. The molecule has 3 aliphatic rings. The summed E-state index contributed by atoms with van der Waals surface area (Å²) < 4.78 is 35.2. The summed E-state index contributed by atoms with van der Waals surface area (Å²) in [6.07, 6.45) is 12.4. The van der Waals surface area contributed by atoms with Crippen molar-refractivity contribution in [1.29, 1.82) is 0 Å². The molecule has 1 aliphatic heterocycles. The number of pyridine rings is 1. The van der Waals surface area contributed by atoms with Crippen molar-refractivity contribution in [1.82, 2.24) is 19.7 Å². The van der Waals surface area contributed by atoms with Crippen LogP contribution in [0.1, 0.15) is 80.6 Å². The van der Waals surface area contributed by atoms with Crippen molar-refractivity contribution in [3.05, 3.63) is 65.6 Å². The second kappa shape index (κ2) is 12.0. The lowest BCUT2D eigenvalue weighted by Crippen LogP contribution is -2.25. The van der Waals surface area contributed by atoms with Crippen LogP contribution in [0.25, 0.3) is 10.4 Å². The molecule has 43 heavy (non-hydrogen) atoms. The molecule has 4 heterocycles. The Hall–Kier alpha value is -3.28. The van der Waals surface area contributed by atoms with Crippen LogP contribution in [0, 0.1) is 6.92 Å². The Labute approximate surface area is 257 Å². The number of thiazole rings is 1. The summed E-state index contributed by atoms with van der Waals surface area (Å²) in [5, 5.41) is 12.4. The van der Waals surface area contributed by atoms with E-state index in [1.807, 2.05) is 60.4 Å². The predicted molar refractivity (Wildman–Crippen MR) is 170 cm³/mol. The maximum absolute atomic E-state index is 13.7. The number of aromatic nitrogens is 4. The van der Waals surface area contributed by atoms with Crippen LogP contribution in [0.4, 0.5) is 17.3 Å². The minimum absolute atomic E-state index is 0.0508. The fraction of sp³-hybridized carbons (Fsp3) is 0.469. The van der Waals surface area contributed by atoms with Gasteiger partial charge in [0.15, 0.2) is 21.9 Å². The standard InChI is InChI=1S/C32H38N6O3S2/c1-21-18-30(37-38(21)31-7-3-5-17-41-31)36-24-12-15-26(28(19-24)43(39,40)25-13-14-25)27-20-34-32(42-27)22-8-10-23(11-9-22)35-29-6-2-4-16-33-29/h2,4,6,12,15-16,18-20,22-23,25,31H,3,5,7-11,13-14,17H2,1H3,(H,33,35)(H,36,37)/t22-,23-,31?. The topological polar surface area (TPSA) is 111 Å². The maximum Gasteiger partial charge on any atom is 0.181 e. The number of sulfone groups is 1. The first kappa shape index (κ1) is 28.5. The highest BCUT2D eigenvalue weighted by atomic mass is 32.2. The van der Waals surface area contributed by atoms with E-state index in [4.69, 9.17) is 14.8 Å². The third-order valence-corrected chi connectivity index (χ3v) is 12.2. The molecule has 1 aromatic carbocycles. The highest BCUT2D eigenvalue weighted by molar-refractivity contribution is 7.92. The number of benzene rings is 1. The number of hydrogen-bond donors (Lipinski definition) is 2. The number of nitrogens with one attached hydrogen (secondary N) is 2. The Morgan fingerprint density at radius 1 is 0.953 bits per heavy atom. The van der Waals surface area contributed by atoms with Crippen LogP contribution in [0.5, 0.6) is 0 Å². The molecule has 0 spiro atoms. The Morgan fingerprint density at radius 2 is 1.81 bits per heavy atom.